The molecule has 0 saturated carbocycles. The van der Waals surface area contributed by atoms with E-state index in [0.29, 0.717) is 51.7 Å². The predicted octanol–water partition coefficient (Wildman–Crippen LogP) is 3.58. The van der Waals surface area contributed by atoms with Gasteiger partial charge in [0.1, 0.15) is 35.0 Å². The second-order valence-electron chi connectivity index (χ2n) is 5.87. The van der Waals surface area contributed by atoms with Crippen molar-refractivity contribution in [2.75, 3.05) is 44.8 Å². The molecule has 0 aliphatic carbocycles. The summed E-state index contributed by atoms with van der Waals surface area (Å²) in [6.07, 6.45) is 1.41. The highest BCUT2D eigenvalue weighted by atomic mass is 16.5. The zero-order valence-corrected chi connectivity index (χ0v) is 16.6. The summed E-state index contributed by atoms with van der Waals surface area (Å²) in [5, 5.41) is 6.33. The fourth-order valence-electron chi connectivity index (χ4n) is 2.66. The number of nitrogens with zero attached hydrogens (tertiary/aromatic N) is 2. The molecule has 0 bridgehead atoms. The minimum Gasteiger partial charge on any atom is -0.497 e. The lowest BCUT2D eigenvalue weighted by Gasteiger charge is -2.16. The normalized spacial score (nSPS) is 10.2. The lowest BCUT2D eigenvalue weighted by molar-refractivity contribution is 0.395. The first-order valence-corrected chi connectivity index (χ1v) is 8.68. The monoisotopic (exact) mass is 397 g/mol. The van der Waals surface area contributed by atoms with Crippen LogP contribution in [0.1, 0.15) is 0 Å². The number of ether oxygens (including phenoxy) is 4. The Kier molecular flexibility index (Phi) is 6.08. The molecular formula is C20H23N5O4. The molecule has 0 fully saturated rings. The van der Waals surface area contributed by atoms with Gasteiger partial charge in [-0.2, -0.15) is 0 Å². The SMILES string of the molecule is COc1ccc(OC)c(Nc2ncnc(Nc3ccc(OC)cc3OC)c2N)c1. The maximum absolute atomic E-state index is 6.30. The quantitative estimate of drug-likeness (QED) is 0.525. The van der Waals surface area contributed by atoms with Gasteiger partial charge in [0.15, 0.2) is 11.6 Å². The smallest absolute Gasteiger partial charge is 0.159 e. The van der Waals surface area contributed by atoms with Crippen LogP contribution in [-0.4, -0.2) is 38.4 Å². The summed E-state index contributed by atoms with van der Waals surface area (Å²) in [4.78, 5) is 8.48. The Morgan fingerprint density at radius 3 is 1.90 bits per heavy atom. The summed E-state index contributed by atoms with van der Waals surface area (Å²) in [6.45, 7) is 0. The van der Waals surface area contributed by atoms with Crippen LogP contribution in [0.25, 0.3) is 0 Å². The number of methoxy groups -OCH3 is 4. The maximum atomic E-state index is 6.30. The van der Waals surface area contributed by atoms with Crippen LogP contribution < -0.4 is 35.3 Å². The number of rotatable bonds is 8. The van der Waals surface area contributed by atoms with Crippen LogP contribution in [0.4, 0.5) is 28.7 Å². The lowest BCUT2D eigenvalue weighted by Crippen LogP contribution is -2.06. The minimum absolute atomic E-state index is 0.329. The van der Waals surface area contributed by atoms with E-state index in [1.54, 1.807) is 52.7 Å². The molecule has 0 atom stereocenters. The Balaban J connectivity index is 1.91. The third-order valence-corrected chi connectivity index (χ3v) is 4.21. The van der Waals surface area contributed by atoms with Gasteiger partial charge in [0, 0.05) is 12.1 Å². The number of anilines is 5. The van der Waals surface area contributed by atoms with Crippen LogP contribution in [0.3, 0.4) is 0 Å². The van der Waals surface area contributed by atoms with Crippen LogP contribution >= 0.6 is 0 Å². The zero-order chi connectivity index (χ0) is 20.8. The average Bonchev–Trinajstić information content (AvgIpc) is 2.76. The number of nitrogen functional groups attached to an aromatic ring is 1. The summed E-state index contributed by atoms with van der Waals surface area (Å²) in [5.74, 6) is 3.40. The van der Waals surface area contributed by atoms with E-state index in [1.165, 1.54) is 6.33 Å². The van der Waals surface area contributed by atoms with E-state index in [-0.39, 0.29) is 0 Å². The second kappa shape index (κ2) is 8.87. The Morgan fingerprint density at radius 2 is 1.28 bits per heavy atom. The molecule has 2 aromatic carbocycles. The molecule has 0 aliphatic rings. The van der Waals surface area contributed by atoms with Crippen molar-refractivity contribution in [1.29, 1.82) is 0 Å². The molecule has 0 unspecified atom stereocenters. The van der Waals surface area contributed by atoms with Crippen LogP contribution in [-0.2, 0) is 0 Å². The molecule has 0 aliphatic heterocycles. The third kappa shape index (κ3) is 4.34. The van der Waals surface area contributed by atoms with E-state index in [4.69, 9.17) is 24.7 Å². The van der Waals surface area contributed by atoms with E-state index in [0.717, 1.165) is 0 Å². The zero-order valence-electron chi connectivity index (χ0n) is 16.6. The van der Waals surface area contributed by atoms with Crippen molar-refractivity contribution < 1.29 is 18.9 Å². The Labute approximate surface area is 168 Å². The average molecular weight is 397 g/mol. The molecule has 0 spiro atoms. The van der Waals surface area contributed by atoms with Gasteiger partial charge in [-0.3, -0.25) is 0 Å². The Morgan fingerprint density at radius 1 is 0.690 bits per heavy atom. The molecule has 3 aromatic rings. The second-order valence-corrected chi connectivity index (χ2v) is 5.87. The minimum atomic E-state index is 0.329. The van der Waals surface area contributed by atoms with Crippen molar-refractivity contribution in [2.24, 2.45) is 0 Å². The summed E-state index contributed by atoms with van der Waals surface area (Å²) >= 11 is 0. The number of aromatic nitrogens is 2. The van der Waals surface area contributed by atoms with Gasteiger partial charge in [0.05, 0.1) is 39.8 Å². The molecule has 9 heteroatoms. The Bertz CT molecular complexity index is 997. The molecule has 4 N–H and O–H groups in total. The van der Waals surface area contributed by atoms with Gasteiger partial charge < -0.3 is 35.3 Å². The summed E-state index contributed by atoms with van der Waals surface area (Å²) < 4.78 is 21.3. The van der Waals surface area contributed by atoms with Crippen molar-refractivity contribution in [2.45, 2.75) is 0 Å². The van der Waals surface area contributed by atoms with Crippen molar-refractivity contribution in [3.8, 4) is 23.0 Å². The van der Waals surface area contributed by atoms with Gasteiger partial charge in [0.2, 0.25) is 0 Å². The molecule has 0 saturated heterocycles. The number of nitrogens with one attached hydrogen (secondary N) is 2. The highest BCUT2D eigenvalue weighted by Gasteiger charge is 2.14. The standard InChI is InChI=1S/C20H23N5O4/c1-26-12-6-8-16(28-3)15(9-12)25-20-18(21)19(22-11-23-20)24-14-7-5-13(27-2)10-17(14)29-4/h5-11H,21H2,1-4H3,(H2,22,23,24,25). The summed E-state index contributed by atoms with van der Waals surface area (Å²) in [7, 11) is 6.34. The molecule has 1 aromatic heterocycles. The third-order valence-electron chi connectivity index (χ3n) is 4.21. The van der Waals surface area contributed by atoms with Gasteiger partial charge in [-0.25, -0.2) is 9.97 Å². The van der Waals surface area contributed by atoms with Gasteiger partial charge >= 0.3 is 0 Å². The molecule has 0 radical (unpaired) electrons. The van der Waals surface area contributed by atoms with E-state index in [1.807, 2.05) is 12.1 Å². The first-order chi connectivity index (χ1) is 14.1. The van der Waals surface area contributed by atoms with Crippen LogP contribution in [0.5, 0.6) is 23.0 Å². The number of nitrogens with two attached hydrogens (primary N) is 1. The summed E-state index contributed by atoms with van der Waals surface area (Å²) in [6, 6.07) is 10.8. The van der Waals surface area contributed by atoms with Crippen LogP contribution in [0, 0.1) is 0 Å². The van der Waals surface area contributed by atoms with Gasteiger partial charge in [-0.05, 0) is 24.3 Å². The van der Waals surface area contributed by atoms with Gasteiger partial charge in [0.25, 0.3) is 0 Å². The number of hydrogen-bond acceptors (Lipinski definition) is 9. The number of benzene rings is 2. The van der Waals surface area contributed by atoms with Crippen molar-refractivity contribution in [1.82, 2.24) is 9.97 Å². The lowest BCUT2D eigenvalue weighted by atomic mass is 10.2. The Hall–Kier alpha value is -3.88. The largest absolute Gasteiger partial charge is 0.497 e. The molecule has 9 nitrogen and oxygen atoms in total. The molecular weight excluding hydrogens is 374 g/mol. The van der Waals surface area contributed by atoms with Crippen molar-refractivity contribution in [3.63, 3.8) is 0 Å². The topological polar surface area (TPSA) is 113 Å². The highest BCUT2D eigenvalue weighted by Crippen LogP contribution is 2.36. The molecule has 152 valence electrons. The van der Waals surface area contributed by atoms with Crippen molar-refractivity contribution >= 4 is 28.7 Å². The van der Waals surface area contributed by atoms with Crippen LogP contribution in [0.15, 0.2) is 42.7 Å². The van der Waals surface area contributed by atoms with Crippen LogP contribution in [0.2, 0.25) is 0 Å². The van der Waals surface area contributed by atoms with Gasteiger partial charge in [-0.1, -0.05) is 0 Å². The predicted molar refractivity (Wildman–Crippen MR) is 112 cm³/mol. The summed E-state index contributed by atoms with van der Waals surface area (Å²) in [5.41, 5.74) is 7.97. The maximum Gasteiger partial charge on any atom is 0.159 e. The van der Waals surface area contributed by atoms with E-state index >= 15 is 0 Å². The first kappa shape index (κ1) is 19.9. The van der Waals surface area contributed by atoms with E-state index in [2.05, 4.69) is 20.6 Å². The fraction of sp³-hybridized carbons (Fsp3) is 0.200. The molecule has 29 heavy (non-hydrogen) atoms. The van der Waals surface area contributed by atoms with Crippen molar-refractivity contribution in [3.05, 3.63) is 42.7 Å². The fourth-order valence-corrected chi connectivity index (χ4v) is 2.66. The van der Waals surface area contributed by atoms with Gasteiger partial charge in [-0.15, -0.1) is 0 Å². The molecule has 0 amide bonds. The highest BCUT2D eigenvalue weighted by molar-refractivity contribution is 5.82. The number of hydrogen-bond donors (Lipinski definition) is 3. The molecule has 1 heterocycles. The van der Waals surface area contributed by atoms with E-state index < -0.39 is 0 Å². The van der Waals surface area contributed by atoms with E-state index in [9.17, 15) is 0 Å². The molecule has 3 rings (SSSR count). The first-order valence-electron chi connectivity index (χ1n) is 8.68.